The van der Waals surface area contributed by atoms with Gasteiger partial charge in [0.15, 0.2) is 5.16 Å². The lowest BCUT2D eigenvalue weighted by atomic mass is 9.94. The fraction of sp³-hybridized carbons (Fsp3) is 0.533. The fourth-order valence-corrected chi connectivity index (χ4v) is 4.99. The fourth-order valence-electron chi connectivity index (χ4n) is 3.06. The zero-order valence-corrected chi connectivity index (χ0v) is 15.2. The number of thiophene rings is 1. The van der Waals surface area contributed by atoms with E-state index in [0.29, 0.717) is 12.4 Å². The van der Waals surface area contributed by atoms with Crippen molar-refractivity contribution in [2.24, 2.45) is 7.05 Å². The summed E-state index contributed by atoms with van der Waals surface area (Å²) in [6, 6.07) is 0. The molecule has 23 heavy (non-hydrogen) atoms. The van der Waals surface area contributed by atoms with Gasteiger partial charge in [-0.15, -0.1) is 21.5 Å². The number of aromatic nitrogens is 4. The normalized spacial score (nSPS) is 17.0. The van der Waals surface area contributed by atoms with Gasteiger partial charge in [-0.1, -0.05) is 18.7 Å². The van der Waals surface area contributed by atoms with Crippen molar-refractivity contribution in [3.05, 3.63) is 20.8 Å². The predicted octanol–water partition coefficient (Wildman–Crippen LogP) is 2.61. The lowest BCUT2D eigenvalue weighted by Gasteiger charge is -2.29. The van der Waals surface area contributed by atoms with Crippen molar-refractivity contribution in [3.63, 3.8) is 0 Å². The molecular weight excluding hydrogens is 332 g/mol. The van der Waals surface area contributed by atoms with Crippen LogP contribution >= 0.6 is 23.1 Å². The van der Waals surface area contributed by atoms with Crippen molar-refractivity contribution in [1.82, 2.24) is 19.2 Å². The van der Waals surface area contributed by atoms with E-state index in [0.717, 1.165) is 38.0 Å². The summed E-state index contributed by atoms with van der Waals surface area (Å²) < 4.78 is 9.54. The van der Waals surface area contributed by atoms with Gasteiger partial charge in [-0.25, -0.2) is 4.40 Å². The summed E-state index contributed by atoms with van der Waals surface area (Å²) in [6.07, 6.45) is 0.751. The van der Waals surface area contributed by atoms with E-state index in [1.165, 1.54) is 0 Å². The van der Waals surface area contributed by atoms with Crippen molar-refractivity contribution < 1.29 is 4.74 Å². The monoisotopic (exact) mass is 350 g/mol. The molecule has 0 saturated carbocycles. The number of ether oxygens (including phenoxy) is 1. The minimum Gasteiger partial charge on any atom is -0.370 e. The van der Waals surface area contributed by atoms with Gasteiger partial charge in [-0.05, 0) is 25.2 Å². The summed E-state index contributed by atoms with van der Waals surface area (Å²) in [4.78, 5) is 15.0. The summed E-state index contributed by atoms with van der Waals surface area (Å²) in [5, 5.41) is 10.1. The molecule has 8 heteroatoms. The zero-order chi connectivity index (χ0) is 16.4. The Morgan fingerprint density at radius 3 is 2.91 bits per heavy atom. The van der Waals surface area contributed by atoms with E-state index in [-0.39, 0.29) is 11.2 Å². The van der Waals surface area contributed by atoms with Gasteiger partial charge < -0.3 is 4.74 Å². The summed E-state index contributed by atoms with van der Waals surface area (Å²) in [6.45, 7) is 6.78. The molecule has 4 heterocycles. The largest absolute Gasteiger partial charge is 0.370 e. The predicted molar refractivity (Wildman–Crippen MR) is 92.6 cm³/mol. The topological polar surface area (TPSA) is 61.4 Å². The highest BCUT2D eigenvalue weighted by molar-refractivity contribution is 7.99. The van der Waals surface area contributed by atoms with Crippen LogP contribution in [0.15, 0.2) is 9.95 Å². The Balaban J connectivity index is 2.13. The number of thioether (sulfide) groups is 1. The van der Waals surface area contributed by atoms with Crippen molar-refractivity contribution >= 4 is 39.1 Å². The molecule has 1 aliphatic heterocycles. The highest BCUT2D eigenvalue weighted by Gasteiger charge is 2.31. The molecule has 1 aliphatic rings. The molecule has 0 aromatic carbocycles. The van der Waals surface area contributed by atoms with Gasteiger partial charge in [0.2, 0.25) is 5.78 Å². The van der Waals surface area contributed by atoms with Crippen molar-refractivity contribution in [2.45, 2.75) is 44.6 Å². The second kappa shape index (κ2) is 5.06. The van der Waals surface area contributed by atoms with Crippen LogP contribution < -0.4 is 5.56 Å². The SMILES string of the molecule is CCSc1nnc2n(C)c(=O)c3c4c(sc3n12)COC(C)(C)C4. The molecule has 4 rings (SSSR count). The van der Waals surface area contributed by atoms with Crippen LogP contribution in [0.4, 0.5) is 0 Å². The number of nitrogens with zero attached hydrogens (tertiary/aromatic N) is 4. The second-order valence-corrected chi connectivity index (χ2v) is 8.64. The molecule has 0 spiro atoms. The summed E-state index contributed by atoms with van der Waals surface area (Å²) >= 11 is 3.26. The quantitative estimate of drug-likeness (QED) is 0.665. The van der Waals surface area contributed by atoms with Gasteiger partial charge in [-0.3, -0.25) is 9.36 Å². The van der Waals surface area contributed by atoms with Gasteiger partial charge >= 0.3 is 0 Å². The maximum absolute atomic E-state index is 12.9. The van der Waals surface area contributed by atoms with E-state index in [4.69, 9.17) is 4.74 Å². The smallest absolute Gasteiger partial charge is 0.263 e. The molecule has 0 bridgehead atoms. The van der Waals surface area contributed by atoms with Crippen molar-refractivity contribution in [1.29, 1.82) is 0 Å². The van der Waals surface area contributed by atoms with E-state index in [1.807, 2.05) is 4.40 Å². The number of aryl methyl sites for hydroxylation is 1. The first-order valence-electron chi connectivity index (χ1n) is 7.58. The van der Waals surface area contributed by atoms with Gasteiger partial charge in [0.1, 0.15) is 4.83 Å². The van der Waals surface area contributed by atoms with Crippen LogP contribution in [0.2, 0.25) is 0 Å². The molecule has 0 aliphatic carbocycles. The standard InChI is InChI=1S/C15H18N4O2S2/c1-5-22-14-17-16-13-18(4)11(20)10-8-6-15(2,3)21-7-9(8)23-12(10)19(13)14/h5-7H2,1-4H3. The number of hydrogen-bond donors (Lipinski definition) is 0. The molecule has 0 unspecified atom stereocenters. The minimum atomic E-state index is -0.241. The van der Waals surface area contributed by atoms with Gasteiger partial charge in [-0.2, -0.15) is 0 Å². The molecule has 0 atom stereocenters. The van der Waals surface area contributed by atoms with E-state index < -0.39 is 0 Å². The van der Waals surface area contributed by atoms with E-state index in [1.54, 1.807) is 34.7 Å². The second-order valence-electron chi connectivity index (χ2n) is 6.32. The number of rotatable bonds is 2. The number of hydrogen-bond acceptors (Lipinski definition) is 6. The third-order valence-corrected chi connectivity index (χ3v) is 6.18. The molecule has 6 nitrogen and oxygen atoms in total. The molecule has 0 fully saturated rings. The molecule has 0 N–H and O–H groups in total. The Morgan fingerprint density at radius 1 is 1.39 bits per heavy atom. The molecule has 3 aromatic rings. The van der Waals surface area contributed by atoms with Crippen molar-refractivity contribution in [2.75, 3.05) is 5.75 Å². The van der Waals surface area contributed by atoms with Crippen LogP contribution in [-0.4, -0.2) is 30.5 Å². The van der Waals surface area contributed by atoms with E-state index in [2.05, 4.69) is 31.0 Å². The third-order valence-electron chi connectivity index (χ3n) is 4.18. The summed E-state index contributed by atoms with van der Waals surface area (Å²) in [7, 11) is 1.76. The lowest BCUT2D eigenvalue weighted by molar-refractivity contribution is -0.0379. The molecular formula is C15H18N4O2S2. The Bertz CT molecular complexity index is 983. The van der Waals surface area contributed by atoms with Crippen LogP contribution in [-0.2, 0) is 24.8 Å². The highest BCUT2D eigenvalue weighted by atomic mass is 32.2. The Labute approximate surface area is 141 Å². The van der Waals surface area contributed by atoms with Crippen LogP contribution in [0, 0.1) is 0 Å². The molecule has 0 saturated heterocycles. The Kier molecular flexibility index (Phi) is 3.33. The molecule has 0 amide bonds. The summed E-state index contributed by atoms with van der Waals surface area (Å²) in [5.41, 5.74) is 0.892. The third kappa shape index (κ3) is 2.15. The first kappa shape index (κ1) is 15.2. The lowest BCUT2D eigenvalue weighted by Crippen LogP contribution is -2.32. The zero-order valence-electron chi connectivity index (χ0n) is 13.5. The average Bonchev–Trinajstić information content (AvgIpc) is 3.05. The minimum absolute atomic E-state index is 0.00292. The van der Waals surface area contributed by atoms with Crippen LogP contribution in [0.3, 0.4) is 0 Å². The van der Waals surface area contributed by atoms with Crippen LogP contribution in [0.25, 0.3) is 16.0 Å². The van der Waals surface area contributed by atoms with Crippen molar-refractivity contribution in [3.8, 4) is 0 Å². The number of fused-ring (bicyclic) bond motifs is 5. The van der Waals surface area contributed by atoms with Crippen LogP contribution in [0.1, 0.15) is 31.2 Å². The Hall–Kier alpha value is -1.38. The van der Waals surface area contributed by atoms with Gasteiger partial charge in [0.25, 0.3) is 5.56 Å². The maximum atomic E-state index is 12.9. The molecule has 122 valence electrons. The molecule has 3 aromatic heterocycles. The Morgan fingerprint density at radius 2 is 2.17 bits per heavy atom. The van der Waals surface area contributed by atoms with Crippen LogP contribution in [0.5, 0.6) is 0 Å². The maximum Gasteiger partial charge on any atom is 0.263 e. The first-order chi connectivity index (χ1) is 10.9. The highest BCUT2D eigenvalue weighted by Crippen LogP contribution is 2.38. The first-order valence-corrected chi connectivity index (χ1v) is 9.38. The molecule has 0 radical (unpaired) electrons. The van der Waals surface area contributed by atoms with Gasteiger partial charge in [0, 0.05) is 18.3 Å². The van der Waals surface area contributed by atoms with Gasteiger partial charge in [0.05, 0.1) is 17.6 Å². The summed E-state index contributed by atoms with van der Waals surface area (Å²) in [5.74, 6) is 1.50. The van der Waals surface area contributed by atoms with E-state index >= 15 is 0 Å². The average molecular weight is 350 g/mol. The van der Waals surface area contributed by atoms with E-state index in [9.17, 15) is 4.79 Å².